The second kappa shape index (κ2) is 14.3. The van der Waals surface area contributed by atoms with Crippen molar-refractivity contribution in [1.29, 1.82) is 0 Å². The second-order valence-corrected chi connectivity index (χ2v) is 14.2. The van der Waals surface area contributed by atoms with E-state index in [2.05, 4.69) is 107 Å². The first-order valence-corrected chi connectivity index (χ1v) is 18.4. The molecule has 235 valence electrons. The van der Waals surface area contributed by atoms with Crippen LogP contribution >= 0.6 is 9.69 Å². The number of aryl methyl sites for hydroxylation is 2. The minimum atomic E-state index is -0.440. The largest absolute Gasteiger partial charge is 0.517 e. The number of nitrogens with zero attached hydrogens (tertiary/aromatic N) is 2. The Morgan fingerprint density at radius 2 is 1.64 bits per heavy atom. The Hall–Kier alpha value is -3.08. The molecule has 7 heteroatoms. The normalized spacial score (nSPS) is 17.8. The van der Waals surface area contributed by atoms with Crippen LogP contribution in [0.3, 0.4) is 0 Å². The maximum absolute atomic E-state index is 10.6. The van der Waals surface area contributed by atoms with E-state index in [4.69, 9.17) is 14.4 Å². The van der Waals surface area contributed by atoms with Crippen LogP contribution in [-0.2, 0) is 33.9 Å². The summed E-state index contributed by atoms with van der Waals surface area (Å²) in [6.07, 6.45) is 3.27. The maximum Gasteiger partial charge on any atom is 0.0140 e. The van der Waals surface area contributed by atoms with Gasteiger partial charge in [0.1, 0.15) is 0 Å². The average Bonchev–Trinajstić information content (AvgIpc) is 3.26. The van der Waals surface area contributed by atoms with Gasteiger partial charge in [0, 0.05) is 11.2 Å². The molecule has 4 aromatic carbocycles. The fourth-order valence-corrected chi connectivity index (χ4v) is 7.32. The van der Waals surface area contributed by atoms with Gasteiger partial charge in [0.05, 0.1) is 0 Å². The zero-order chi connectivity index (χ0) is 32.1. The molecule has 0 amide bonds. The number of nitro groups is 1. The molecule has 0 aliphatic carbocycles. The molecule has 5 rings (SSSR count). The van der Waals surface area contributed by atoms with Crippen molar-refractivity contribution >= 4 is 36.4 Å². The molecular weight excluding hydrogens is 657 g/mol. The third-order valence-electron chi connectivity index (χ3n) is 8.20. The van der Waals surface area contributed by atoms with Crippen LogP contribution in [0.25, 0.3) is 10.8 Å². The first-order chi connectivity index (χ1) is 20.9. The first-order valence-electron chi connectivity index (χ1n) is 15.2. The van der Waals surface area contributed by atoms with Crippen LogP contribution in [0.4, 0.5) is 11.4 Å². The van der Waals surface area contributed by atoms with Crippen LogP contribution in [0.2, 0.25) is 0 Å². The predicted molar refractivity (Wildman–Crippen MR) is 182 cm³/mol. The van der Waals surface area contributed by atoms with Crippen molar-refractivity contribution < 1.29 is 25.3 Å². The topological polar surface area (TPSA) is 55.6 Å². The zero-order valence-corrected chi connectivity index (χ0v) is 29.2. The molecule has 0 radical (unpaired) electrons. The van der Waals surface area contributed by atoms with Crippen LogP contribution in [0, 0.1) is 16.7 Å². The van der Waals surface area contributed by atoms with Gasteiger partial charge in [0.25, 0.3) is 0 Å². The van der Waals surface area contributed by atoms with E-state index < -0.39 is 20.6 Å². The summed E-state index contributed by atoms with van der Waals surface area (Å²) < 4.78 is 7.31. The van der Waals surface area contributed by atoms with E-state index >= 15 is 0 Å². The van der Waals surface area contributed by atoms with Crippen molar-refractivity contribution in [3.8, 4) is 5.75 Å². The van der Waals surface area contributed by atoms with E-state index in [1.165, 1.54) is 45.3 Å². The number of hydrogen-bond acceptors (Lipinski definition) is 4. The second-order valence-electron chi connectivity index (χ2n) is 12.4. The number of anilines is 1. The summed E-state index contributed by atoms with van der Waals surface area (Å²) >= 11 is -0.440. The average molecular weight is 700 g/mol. The van der Waals surface area contributed by atoms with Crippen molar-refractivity contribution in [2.75, 3.05) is 4.90 Å². The van der Waals surface area contributed by atoms with Crippen molar-refractivity contribution in [2.45, 2.75) is 84.8 Å². The van der Waals surface area contributed by atoms with Gasteiger partial charge in [0.2, 0.25) is 0 Å². The number of hydrogen-bond donors (Lipinski definition) is 0. The Labute approximate surface area is 273 Å². The Balaban J connectivity index is 0.000000236. The molecule has 1 aliphatic heterocycles. The summed E-state index contributed by atoms with van der Waals surface area (Å²) in [7, 11) is 5.69. The van der Waals surface area contributed by atoms with Gasteiger partial charge < -0.3 is 4.90 Å². The summed E-state index contributed by atoms with van der Waals surface area (Å²) in [6.45, 7) is 18.0. The standard InChI is InChI=1S/C27H32N.C10H11NO3.ClH.Ru/c1-6-20-13-10-14-21(7-2)25(20)28-19-27(5,18-26(28,3)4)24-16-15-22-11-8-9-12-23(22)17-24;1-7(2)14-10-5-4-9(11(12)13)6-8(10)3;;/h8-17,19H,6-7,18H2,1-5H3;3-7H,1-2H3;1H;/q-1;;;+1/p-1. The van der Waals surface area contributed by atoms with E-state index in [0.717, 1.165) is 19.3 Å². The Bertz CT molecular complexity index is 1630. The zero-order valence-electron chi connectivity index (χ0n) is 26.7. The van der Waals surface area contributed by atoms with Crippen LogP contribution < -0.4 is 9.64 Å². The quantitative estimate of drug-likeness (QED) is 0.0795. The number of halogens is 1. The van der Waals surface area contributed by atoms with Gasteiger partial charge in [-0.05, 0) is 55.0 Å². The third-order valence-corrected chi connectivity index (χ3v) is 9.38. The summed E-state index contributed by atoms with van der Waals surface area (Å²) in [5, 5.41) is 13.3. The molecule has 1 heterocycles. The summed E-state index contributed by atoms with van der Waals surface area (Å²) in [5.41, 5.74) is 6.59. The van der Waals surface area contributed by atoms with Crippen LogP contribution in [0.1, 0.15) is 77.1 Å². The molecule has 1 atom stereocenters. The van der Waals surface area contributed by atoms with Crippen molar-refractivity contribution in [3.05, 3.63) is 118 Å². The van der Waals surface area contributed by atoms with Gasteiger partial charge in [-0.25, -0.2) is 6.54 Å². The fraction of sp³-hybridized carbons (Fsp3) is 0.351. The van der Waals surface area contributed by atoms with Gasteiger partial charge >= 0.3 is 105 Å². The maximum atomic E-state index is 10.6. The molecule has 1 aliphatic rings. The SMILES string of the molecule is CC(C)Oc1ccc([N+](=O)[O-])cc1[CH]=[Ru][Cl].CCc1cccc(CC)c1N1[CH-]C(C)(c2ccc3ccccc3c2)CC1(C)C. The fourth-order valence-electron chi connectivity index (χ4n) is 6.23. The number of fused-ring (bicyclic) bond motifs is 1. The van der Waals surface area contributed by atoms with Gasteiger partial charge in [-0.1, -0.05) is 87.0 Å². The summed E-state index contributed by atoms with van der Waals surface area (Å²) in [5.74, 6) is 0.635. The third kappa shape index (κ3) is 7.58. The number of rotatable bonds is 8. The molecular formula is C37H43ClN2O3Ru-. The number of non-ortho nitro benzene ring substituents is 1. The number of para-hydroxylation sites is 1. The Morgan fingerprint density at radius 1 is 0.977 bits per heavy atom. The van der Waals surface area contributed by atoms with E-state index in [9.17, 15) is 10.1 Å². The van der Waals surface area contributed by atoms with E-state index in [-0.39, 0.29) is 22.7 Å². The van der Waals surface area contributed by atoms with Crippen LogP contribution in [0.5, 0.6) is 5.75 Å². The van der Waals surface area contributed by atoms with Gasteiger partial charge in [-0.15, -0.1) is 5.41 Å². The van der Waals surface area contributed by atoms with Crippen LogP contribution in [0.15, 0.2) is 78.9 Å². The predicted octanol–water partition coefficient (Wildman–Crippen LogP) is 9.84. The number of nitro benzene ring substituents is 1. The van der Waals surface area contributed by atoms with Gasteiger partial charge in [0.15, 0.2) is 0 Å². The molecule has 44 heavy (non-hydrogen) atoms. The van der Waals surface area contributed by atoms with Gasteiger partial charge in [-0.3, -0.25) is 0 Å². The molecule has 0 saturated carbocycles. The monoisotopic (exact) mass is 700 g/mol. The van der Waals surface area contributed by atoms with Crippen LogP contribution in [-0.4, -0.2) is 21.2 Å². The molecule has 5 nitrogen and oxygen atoms in total. The van der Waals surface area contributed by atoms with Gasteiger partial charge in [-0.2, -0.15) is 0 Å². The Kier molecular flexibility index (Phi) is 11.0. The number of benzene rings is 4. The molecule has 1 saturated heterocycles. The molecule has 1 unspecified atom stereocenters. The van der Waals surface area contributed by atoms with Crippen molar-refractivity contribution in [1.82, 2.24) is 0 Å². The molecule has 0 N–H and O–H groups in total. The molecule has 4 aromatic rings. The first kappa shape index (κ1) is 33.8. The molecule has 1 fully saturated rings. The minimum Gasteiger partial charge on any atom is -0.517 e. The van der Waals surface area contributed by atoms with Crippen molar-refractivity contribution in [3.63, 3.8) is 0 Å². The van der Waals surface area contributed by atoms with Crippen molar-refractivity contribution in [2.24, 2.45) is 0 Å². The smallest absolute Gasteiger partial charge is 0.0140 e. The number of ether oxygens (including phenoxy) is 1. The molecule has 0 aromatic heterocycles. The summed E-state index contributed by atoms with van der Waals surface area (Å²) in [6, 6.07) is 27.0. The van der Waals surface area contributed by atoms with E-state index in [1.54, 1.807) is 10.7 Å². The molecule has 0 spiro atoms. The molecule has 0 bridgehead atoms. The summed E-state index contributed by atoms with van der Waals surface area (Å²) in [4.78, 5) is 12.8. The minimum absolute atomic E-state index is 0.0272. The van der Waals surface area contributed by atoms with E-state index in [1.807, 2.05) is 13.8 Å². The van der Waals surface area contributed by atoms with E-state index in [0.29, 0.717) is 11.3 Å². The Morgan fingerprint density at radius 3 is 2.23 bits per heavy atom.